The molecule has 0 spiro atoms. The van der Waals surface area contributed by atoms with E-state index in [-0.39, 0.29) is 17.1 Å². The Morgan fingerprint density at radius 1 is 1.17 bits per heavy atom. The second-order valence-electron chi connectivity index (χ2n) is 6.02. The van der Waals surface area contributed by atoms with Gasteiger partial charge in [0.15, 0.2) is 0 Å². The van der Waals surface area contributed by atoms with Crippen LogP contribution in [0.2, 0.25) is 0 Å². The number of benzene rings is 1. The first-order valence-electron chi connectivity index (χ1n) is 8.59. The minimum absolute atomic E-state index is 0.0737. The summed E-state index contributed by atoms with van der Waals surface area (Å²) in [6.07, 6.45) is 0.949. The predicted octanol–water partition coefficient (Wildman–Crippen LogP) is 1.84. The molecule has 0 radical (unpaired) electrons. The van der Waals surface area contributed by atoms with Crippen molar-refractivity contribution in [2.45, 2.75) is 30.4 Å². The number of carbonyl (C=O) groups excluding carboxylic acids is 2. The molecule has 2 rings (SSSR count). The van der Waals surface area contributed by atoms with E-state index >= 15 is 0 Å². The van der Waals surface area contributed by atoms with Crippen LogP contribution in [-0.4, -0.2) is 66.1 Å². The summed E-state index contributed by atoms with van der Waals surface area (Å²) in [4.78, 5) is 29.5. The van der Waals surface area contributed by atoms with Crippen LogP contribution in [0, 0.1) is 0 Å². The molecule has 0 bridgehead atoms. The Labute approximate surface area is 148 Å². The summed E-state index contributed by atoms with van der Waals surface area (Å²) in [6.45, 7) is 8.06. The molecule has 1 heterocycles. The fourth-order valence-electron chi connectivity index (χ4n) is 2.66. The third-order valence-corrected chi connectivity index (χ3v) is 5.13. The third kappa shape index (κ3) is 5.83. The summed E-state index contributed by atoms with van der Waals surface area (Å²) in [5.41, 5.74) is 0. The molecule has 6 heteroatoms. The van der Waals surface area contributed by atoms with Crippen molar-refractivity contribution in [2.24, 2.45) is 0 Å². The van der Waals surface area contributed by atoms with Crippen LogP contribution in [0.5, 0.6) is 0 Å². The van der Waals surface area contributed by atoms with Crippen LogP contribution in [0.25, 0.3) is 0 Å². The summed E-state index contributed by atoms with van der Waals surface area (Å²) in [5.74, 6) is 0.253. The predicted molar refractivity (Wildman–Crippen MR) is 98.1 cm³/mol. The summed E-state index contributed by atoms with van der Waals surface area (Å²) < 4.78 is 0. The van der Waals surface area contributed by atoms with E-state index in [1.54, 1.807) is 11.8 Å². The Morgan fingerprint density at radius 3 is 2.46 bits per heavy atom. The van der Waals surface area contributed by atoms with Gasteiger partial charge in [0, 0.05) is 37.6 Å². The molecule has 2 amide bonds. The van der Waals surface area contributed by atoms with Gasteiger partial charge in [0.25, 0.3) is 0 Å². The van der Waals surface area contributed by atoms with Crippen molar-refractivity contribution in [1.29, 1.82) is 0 Å². The molecule has 1 aromatic rings. The van der Waals surface area contributed by atoms with Crippen molar-refractivity contribution < 1.29 is 9.59 Å². The Morgan fingerprint density at radius 2 is 1.83 bits per heavy atom. The number of nitrogens with one attached hydrogen (secondary N) is 1. The van der Waals surface area contributed by atoms with Crippen LogP contribution < -0.4 is 5.32 Å². The highest BCUT2D eigenvalue weighted by Gasteiger charge is 2.26. The zero-order valence-electron chi connectivity index (χ0n) is 14.5. The zero-order valence-corrected chi connectivity index (χ0v) is 15.3. The first-order valence-corrected chi connectivity index (χ1v) is 9.47. The molecule has 1 N–H and O–H groups in total. The molecule has 5 nitrogen and oxygen atoms in total. The number of amides is 2. The van der Waals surface area contributed by atoms with E-state index in [1.165, 1.54) is 0 Å². The minimum Gasteiger partial charge on any atom is -0.355 e. The standard InChI is InChI=1S/C18H27N3O2S/c1-3-9-19-17(22)14-20-10-12-21(13-11-20)18(23)15(2)24-16-7-5-4-6-8-16/h4-8,15H,3,9-14H2,1-2H3,(H,19,22). The summed E-state index contributed by atoms with van der Waals surface area (Å²) in [6, 6.07) is 10.0. The second-order valence-corrected chi connectivity index (χ2v) is 7.44. The van der Waals surface area contributed by atoms with Crippen molar-refractivity contribution in [2.75, 3.05) is 39.3 Å². The molecular weight excluding hydrogens is 322 g/mol. The Bertz CT molecular complexity index is 530. The van der Waals surface area contributed by atoms with Crippen molar-refractivity contribution >= 4 is 23.6 Å². The van der Waals surface area contributed by atoms with Crippen LogP contribution in [0.1, 0.15) is 20.3 Å². The lowest BCUT2D eigenvalue weighted by Gasteiger charge is -2.35. The van der Waals surface area contributed by atoms with Gasteiger partial charge in [-0.25, -0.2) is 0 Å². The zero-order chi connectivity index (χ0) is 17.4. The topological polar surface area (TPSA) is 52.7 Å². The van der Waals surface area contributed by atoms with Gasteiger partial charge < -0.3 is 10.2 Å². The molecule has 132 valence electrons. The molecule has 1 aromatic carbocycles. The number of carbonyl (C=O) groups is 2. The van der Waals surface area contributed by atoms with Crippen LogP contribution in [0.15, 0.2) is 35.2 Å². The fraction of sp³-hybridized carbons (Fsp3) is 0.556. The summed E-state index contributed by atoms with van der Waals surface area (Å²) >= 11 is 1.60. The van der Waals surface area contributed by atoms with Crippen LogP contribution in [0.4, 0.5) is 0 Å². The number of hydrogen-bond acceptors (Lipinski definition) is 4. The average Bonchev–Trinajstić information content (AvgIpc) is 2.61. The smallest absolute Gasteiger partial charge is 0.235 e. The number of hydrogen-bond donors (Lipinski definition) is 1. The Kier molecular flexibility index (Phi) is 7.59. The van der Waals surface area contributed by atoms with Gasteiger partial charge in [0.1, 0.15) is 0 Å². The van der Waals surface area contributed by atoms with Crippen molar-refractivity contribution in [1.82, 2.24) is 15.1 Å². The normalized spacial score (nSPS) is 16.7. The Hall–Kier alpha value is -1.53. The molecule has 0 aromatic heterocycles. The van der Waals surface area contributed by atoms with E-state index in [0.29, 0.717) is 19.6 Å². The lowest BCUT2D eigenvalue weighted by molar-refractivity contribution is -0.132. The molecule has 1 fully saturated rings. The molecular formula is C18H27N3O2S. The molecule has 1 unspecified atom stereocenters. The molecule has 1 aliphatic rings. The van der Waals surface area contributed by atoms with E-state index < -0.39 is 0 Å². The van der Waals surface area contributed by atoms with Crippen LogP contribution in [0.3, 0.4) is 0 Å². The minimum atomic E-state index is -0.0909. The quantitative estimate of drug-likeness (QED) is 0.763. The van der Waals surface area contributed by atoms with Crippen LogP contribution in [-0.2, 0) is 9.59 Å². The van der Waals surface area contributed by atoms with Gasteiger partial charge in [-0.05, 0) is 25.5 Å². The van der Waals surface area contributed by atoms with E-state index in [1.807, 2.05) is 49.1 Å². The van der Waals surface area contributed by atoms with Gasteiger partial charge in [-0.2, -0.15) is 0 Å². The highest BCUT2D eigenvalue weighted by Crippen LogP contribution is 2.24. The molecule has 0 saturated carbocycles. The maximum absolute atomic E-state index is 12.6. The van der Waals surface area contributed by atoms with Gasteiger partial charge in [-0.3, -0.25) is 14.5 Å². The van der Waals surface area contributed by atoms with Crippen molar-refractivity contribution in [3.05, 3.63) is 30.3 Å². The molecule has 24 heavy (non-hydrogen) atoms. The van der Waals surface area contributed by atoms with Gasteiger partial charge in [-0.15, -0.1) is 11.8 Å². The van der Waals surface area contributed by atoms with Gasteiger partial charge >= 0.3 is 0 Å². The highest BCUT2D eigenvalue weighted by atomic mass is 32.2. The largest absolute Gasteiger partial charge is 0.355 e. The lowest BCUT2D eigenvalue weighted by Crippen LogP contribution is -2.52. The first kappa shape index (κ1) is 18.8. The average molecular weight is 350 g/mol. The van der Waals surface area contributed by atoms with Crippen molar-refractivity contribution in [3.8, 4) is 0 Å². The molecule has 0 aliphatic carbocycles. The van der Waals surface area contributed by atoms with Crippen LogP contribution >= 0.6 is 11.8 Å². The van der Waals surface area contributed by atoms with Gasteiger partial charge in [0.05, 0.1) is 11.8 Å². The van der Waals surface area contributed by atoms with Gasteiger partial charge in [-0.1, -0.05) is 25.1 Å². The number of rotatable bonds is 7. The van der Waals surface area contributed by atoms with E-state index in [4.69, 9.17) is 0 Å². The fourth-order valence-corrected chi connectivity index (χ4v) is 3.63. The molecule has 1 saturated heterocycles. The van der Waals surface area contributed by atoms with Gasteiger partial charge in [0.2, 0.25) is 11.8 Å². The van der Waals surface area contributed by atoms with E-state index in [9.17, 15) is 9.59 Å². The maximum Gasteiger partial charge on any atom is 0.235 e. The SMILES string of the molecule is CCCNC(=O)CN1CCN(C(=O)C(C)Sc2ccccc2)CC1. The molecule has 1 aliphatic heterocycles. The maximum atomic E-state index is 12.6. The highest BCUT2D eigenvalue weighted by molar-refractivity contribution is 8.00. The second kappa shape index (κ2) is 9.69. The first-order chi connectivity index (χ1) is 11.6. The number of nitrogens with zero attached hydrogens (tertiary/aromatic N) is 2. The monoisotopic (exact) mass is 349 g/mol. The number of thioether (sulfide) groups is 1. The summed E-state index contributed by atoms with van der Waals surface area (Å²) in [7, 11) is 0. The van der Waals surface area contributed by atoms with E-state index in [0.717, 1.165) is 31.0 Å². The Balaban J connectivity index is 1.75. The van der Waals surface area contributed by atoms with E-state index in [2.05, 4.69) is 10.2 Å². The van der Waals surface area contributed by atoms with Crippen molar-refractivity contribution in [3.63, 3.8) is 0 Å². The lowest BCUT2D eigenvalue weighted by atomic mass is 10.2. The third-order valence-electron chi connectivity index (χ3n) is 4.03. The molecule has 1 atom stereocenters. The number of piperazine rings is 1. The summed E-state index contributed by atoms with van der Waals surface area (Å²) in [5, 5.41) is 2.80.